The van der Waals surface area contributed by atoms with E-state index in [0.29, 0.717) is 5.57 Å². The van der Waals surface area contributed by atoms with Crippen LogP contribution in [-0.2, 0) is 4.79 Å². The van der Waals surface area contributed by atoms with Gasteiger partial charge in [-0.15, -0.1) is 0 Å². The zero-order chi connectivity index (χ0) is 16.0. The molecule has 0 heterocycles. The summed E-state index contributed by atoms with van der Waals surface area (Å²) in [6.45, 7) is 3.10. The largest absolute Gasteiger partial charge is 0.378 e. The first kappa shape index (κ1) is 15.8. The van der Waals surface area contributed by atoms with Crippen molar-refractivity contribution in [3.8, 4) is 11.8 Å². The van der Waals surface area contributed by atoms with Gasteiger partial charge in [-0.3, -0.25) is 4.79 Å². The van der Waals surface area contributed by atoms with Crippen molar-refractivity contribution in [2.45, 2.75) is 19.4 Å². The van der Waals surface area contributed by atoms with Crippen LogP contribution in [0.2, 0.25) is 0 Å². The van der Waals surface area contributed by atoms with E-state index in [9.17, 15) is 9.90 Å². The molecule has 0 atom stereocenters. The molecular formula is C20H18O2. The summed E-state index contributed by atoms with van der Waals surface area (Å²) in [6.07, 6.45) is 1.82. The van der Waals surface area contributed by atoms with Crippen LogP contribution in [0.1, 0.15) is 25.0 Å². The lowest BCUT2D eigenvalue weighted by molar-refractivity contribution is -0.108. The average molecular weight is 290 g/mol. The predicted octanol–water partition coefficient (Wildman–Crippen LogP) is 3.57. The molecule has 0 spiro atoms. The van der Waals surface area contributed by atoms with Gasteiger partial charge in [0.2, 0.25) is 5.78 Å². The lowest BCUT2D eigenvalue weighted by Crippen LogP contribution is -2.15. The first-order valence-electron chi connectivity index (χ1n) is 7.08. The van der Waals surface area contributed by atoms with E-state index < -0.39 is 5.60 Å². The quantitative estimate of drug-likeness (QED) is 0.406. The van der Waals surface area contributed by atoms with Gasteiger partial charge in [0.25, 0.3) is 0 Å². The Hall–Kier alpha value is -2.63. The third-order valence-electron chi connectivity index (χ3n) is 2.92. The highest BCUT2D eigenvalue weighted by molar-refractivity contribution is 6.32. The Bertz CT molecular complexity index is 724. The average Bonchev–Trinajstić information content (AvgIpc) is 2.51. The van der Waals surface area contributed by atoms with Crippen LogP contribution < -0.4 is 0 Å². The number of benzene rings is 2. The summed E-state index contributed by atoms with van der Waals surface area (Å²) in [5, 5.41) is 9.66. The number of Topliss-reactive ketones (excluding diaryl/α,β-unsaturated/α-hetero) is 1. The Morgan fingerprint density at radius 2 is 1.55 bits per heavy atom. The summed E-state index contributed by atoms with van der Waals surface area (Å²) in [6, 6.07) is 19.0. The fraction of sp³-hybridized carbons (Fsp3) is 0.150. The van der Waals surface area contributed by atoms with Gasteiger partial charge in [-0.2, -0.15) is 0 Å². The van der Waals surface area contributed by atoms with Crippen LogP contribution in [0, 0.1) is 11.8 Å². The smallest absolute Gasteiger partial charge is 0.236 e. The molecule has 2 aromatic rings. The Morgan fingerprint density at radius 1 is 1.00 bits per heavy atom. The number of rotatable bonds is 3. The van der Waals surface area contributed by atoms with Crippen LogP contribution in [0.5, 0.6) is 0 Å². The topological polar surface area (TPSA) is 37.3 Å². The van der Waals surface area contributed by atoms with Crippen LogP contribution >= 0.6 is 0 Å². The molecule has 0 aliphatic rings. The molecule has 0 bridgehead atoms. The standard InChI is InChI=1S/C20H18O2/c1-20(2,22)14-13-19(21)18(17-11-7-4-8-12-17)15-16-9-5-3-6-10-16/h3-12,15,22H,1-2H3/b18-15+. The molecule has 22 heavy (non-hydrogen) atoms. The highest BCUT2D eigenvalue weighted by Gasteiger charge is 2.12. The van der Waals surface area contributed by atoms with Gasteiger partial charge in [-0.25, -0.2) is 0 Å². The summed E-state index contributed by atoms with van der Waals surface area (Å²) in [5.41, 5.74) is 1.06. The van der Waals surface area contributed by atoms with Crippen LogP contribution in [0.15, 0.2) is 60.7 Å². The molecule has 2 nitrogen and oxygen atoms in total. The third-order valence-corrected chi connectivity index (χ3v) is 2.92. The van der Waals surface area contributed by atoms with Crippen molar-refractivity contribution in [2.24, 2.45) is 0 Å². The molecule has 0 aliphatic heterocycles. The number of allylic oxidation sites excluding steroid dienone is 1. The monoisotopic (exact) mass is 290 g/mol. The van der Waals surface area contributed by atoms with E-state index in [2.05, 4.69) is 11.8 Å². The molecular weight excluding hydrogens is 272 g/mol. The van der Waals surface area contributed by atoms with Gasteiger partial charge in [0, 0.05) is 5.57 Å². The van der Waals surface area contributed by atoms with E-state index in [1.807, 2.05) is 66.7 Å². The Labute approximate surface area is 131 Å². The zero-order valence-electron chi connectivity index (χ0n) is 12.7. The molecule has 0 amide bonds. The van der Waals surface area contributed by atoms with Gasteiger partial charge >= 0.3 is 0 Å². The zero-order valence-corrected chi connectivity index (χ0v) is 12.7. The fourth-order valence-electron chi connectivity index (χ4n) is 1.89. The fourth-order valence-corrected chi connectivity index (χ4v) is 1.89. The second-order valence-electron chi connectivity index (χ2n) is 5.47. The third kappa shape index (κ3) is 4.73. The van der Waals surface area contributed by atoms with Gasteiger partial charge in [0.1, 0.15) is 5.60 Å². The molecule has 1 N–H and O–H groups in total. The van der Waals surface area contributed by atoms with Gasteiger partial charge in [0.15, 0.2) is 0 Å². The SMILES string of the molecule is CC(C)(O)C#CC(=O)/C(=C/c1ccccc1)c1ccccc1. The van der Waals surface area contributed by atoms with Crippen molar-refractivity contribution in [3.05, 3.63) is 71.8 Å². The molecule has 0 aromatic heterocycles. The Kier molecular flexibility index (Phi) is 4.93. The molecule has 2 aromatic carbocycles. The minimum atomic E-state index is -1.19. The van der Waals surface area contributed by atoms with E-state index in [4.69, 9.17) is 0 Å². The van der Waals surface area contributed by atoms with Crippen molar-refractivity contribution in [1.29, 1.82) is 0 Å². The van der Waals surface area contributed by atoms with Crippen LogP contribution in [0.25, 0.3) is 11.6 Å². The van der Waals surface area contributed by atoms with E-state index in [0.717, 1.165) is 11.1 Å². The van der Waals surface area contributed by atoms with Crippen molar-refractivity contribution < 1.29 is 9.90 Å². The molecule has 0 fully saturated rings. The van der Waals surface area contributed by atoms with Gasteiger partial charge in [-0.1, -0.05) is 66.6 Å². The summed E-state index contributed by atoms with van der Waals surface area (Å²) >= 11 is 0. The molecule has 0 saturated heterocycles. The van der Waals surface area contributed by atoms with E-state index in [1.54, 1.807) is 13.8 Å². The van der Waals surface area contributed by atoms with E-state index >= 15 is 0 Å². The molecule has 2 rings (SSSR count). The molecule has 0 saturated carbocycles. The first-order chi connectivity index (χ1) is 10.5. The summed E-state index contributed by atoms with van der Waals surface area (Å²) in [4.78, 5) is 12.4. The van der Waals surface area contributed by atoms with Crippen molar-refractivity contribution >= 4 is 17.4 Å². The maximum atomic E-state index is 12.4. The first-order valence-corrected chi connectivity index (χ1v) is 7.08. The molecule has 0 radical (unpaired) electrons. The van der Waals surface area contributed by atoms with Crippen LogP contribution in [0.4, 0.5) is 0 Å². The summed E-state index contributed by atoms with van der Waals surface area (Å²) in [7, 11) is 0. The van der Waals surface area contributed by atoms with Gasteiger partial charge in [0.05, 0.1) is 0 Å². The lowest BCUT2D eigenvalue weighted by Gasteiger charge is -2.07. The number of carbonyl (C=O) groups excluding carboxylic acids is 1. The minimum absolute atomic E-state index is 0.308. The highest BCUT2D eigenvalue weighted by atomic mass is 16.3. The molecule has 2 heteroatoms. The summed E-state index contributed by atoms with van der Waals surface area (Å²) in [5.74, 6) is 4.80. The summed E-state index contributed by atoms with van der Waals surface area (Å²) < 4.78 is 0. The van der Waals surface area contributed by atoms with Crippen LogP contribution in [-0.4, -0.2) is 16.5 Å². The lowest BCUT2D eigenvalue weighted by atomic mass is 9.98. The number of ketones is 1. The molecule has 110 valence electrons. The number of hydrogen-bond donors (Lipinski definition) is 1. The van der Waals surface area contributed by atoms with Crippen molar-refractivity contribution in [2.75, 3.05) is 0 Å². The highest BCUT2D eigenvalue weighted by Crippen LogP contribution is 2.19. The minimum Gasteiger partial charge on any atom is -0.378 e. The second-order valence-corrected chi connectivity index (χ2v) is 5.47. The van der Waals surface area contributed by atoms with E-state index in [1.165, 1.54) is 0 Å². The van der Waals surface area contributed by atoms with Crippen molar-refractivity contribution in [3.63, 3.8) is 0 Å². The van der Waals surface area contributed by atoms with Crippen LogP contribution in [0.3, 0.4) is 0 Å². The normalized spacial score (nSPS) is 11.5. The van der Waals surface area contributed by atoms with Gasteiger partial charge in [-0.05, 0) is 37.0 Å². The maximum Gasteiger partial charge on any atom is 0.236 e. The predicted molar refractivity (Wildman–Crippen MR) is 89.8 cm³/mol. The maximum absolute atomic E-state index is 12.4. The number of carbonyl (C=O) groups is 1. The Morgan fingerprint density at radius 3 is 2.09 bits per heavy atom. The Balaban J connectivity index is 2.45. The van der Waals surface area contributed by atoms with Crippen molar-refractivity contribution in [1.82, 2.24) is 0 Å². The van der Waals surface area contributed by atoms with E-state index in [-0.39, 0.29) is 5.78 Å². The number of aliphatic hydroxyl groups is 1. The second kappa shape index (κ2) is 6.89. The van der Waals surface area contributed by atoms with Gasteiger partial charge < -0.3 is 5.11 Å². The molecule has 0 unspecified atom stereocenters. The number of hydrogen-bond acceptors (Lipinski definition) is 2. The molecule has 0 aliphatic carbocycles.